The molecular formula is C26H38O. The molecule has 0 amide bonds. The van der Waals surface area contributed by atoms with Crippen molar-refractivity contribution in [3.05, 3.63) is 35.9 Å². The zero-order chi connectivity index (χ0) is 18.5. The van der Waals surface area contributed by atoms with Crippen LogP contribution >= 0.6 is 0 Å². The molecule has 1 aromatic rings. The largest absolute Gasteiger partial charge is 0.373 e. The van der Waals surface area contributed by atoms with Gasteiger partial charge in [0.25, 0.3) is 0 Å². The number of hydrogen-bond acceptors (Lipinski definition) is 1. The number of rotatable bonds is 3. The van der Waals surface area contributed by atoms with E-state index >= 15 is 0 Å². The van der Waals surface area contributed by atoms with Crippen LogP contribution in [0.3, 0.4) is 0 Å². The lowest BCUT2D eigenvalue weighted by Crippen LogP contribution is -2.53. The fraction of sp³-hybridized carbons (Fsp3) is 0.769. The van der Waals surface area contributed by atoms with Gasteiger partial charge in [-0.2, -0.15) is 0 Å². The van der Waals surface area contributed by atoms with Gasteiger partial charge in [-0.05, 0) is 91.4 Å². The van der Waals surface area contributed by atoms with E-state index in [1.165, 1.54) is 69.8 Å². The normalized spacial score (nSPS) is 46.4. The van der Waals surface area contributed by atoms with Gasteiger partial charge < -0.3 is 4.74 Å². The maximum Gasteiger partial charge on any atom is 0.0720 e. The number of benzene rings is 1. The van der Waals surface area contributed by atoms with E-state index in [4.69, 9.17) is 4.74 Å². The summed E-state index contributed by atoms with van der Waals surface area (Å²) in [6, 6.07) is 10.8. The van der Waals surface area contributed by atoms with Gasteiger partial charge in [-0.25, -0.2) is 0 Å². The highest BCUT2D eigenvalue weighted by Gasteiger charge is 2.59. The van der Waals surface area contributed by atoms with E-state index in [1.807, 2.05) is 0 Å². The van der Waals surface area contributed by atoms with Gasteiger partial charge >= 0.3 is 0 Å². The molecule has 0 aliphatic heterocycles. The maximum atomic E-state index is 6.57. The Labute approximate surface area is 166 Å². The minimum Gasteiger partial charge on any atom is -0.373 e. The molecule has 1 nitrogen and oxygen atoms in total. The van der Waals surface area contributed by atoms with Crippen molar-refractivity contribution in [2.45, 2.75) is 90.8 Å². The average molecular weight is 367 g/mol. The predicted molar refractivity (Wildman–Crippen MR) is 111 cm³/mol. The molecule has 0 N–H and O–H groups in total. The molecule has 0 bridgehead atoms. The second kappa shape index (κ2) is 6.90. The first-order chi connectivity index (χ1) is 13.1. The maximum absolute atomic E-state index is 6.57. The molecule has 0 spiro atoms. The van der Waals surface area contributed by atoms with Crippen LogP contribution in [0.1, 0.15) is 83.6 Å². The Morgan fingerprint density at radius 3 is 2.48 bits per heavy atom. The topological polar surface area (TPSA) is 9.23 Å². The van der Waals surface area contributed by atoms with Gasteiger partial charge in [-0.3, -0.25) is 0 Å². The fourth-order valence-electron chi connectivity index (χ4n) is 8.29. The highest BCUT2D eigenvalue weighted by molar-refractivity contribution is 5.14. The minimum absolute atomic E-state index is 0.424. The van der Waals surface area contributed by atoms with Crippen LogP contribution in [0.4, 0.5) is 0 Å². The average Bonchev–Trinajstić information content (AvgIpc) is 3.03. The lowest BCUT2D eigenvalue weighted by molar-refractivity contribution is -0.132. The molecule has 4 saturated carbocycles. The third kappa shape index (κ3) is 2.91. The molecule has 1 heteroatoms. The predicted octanol–water partition coefficient (Wildman–Crippen LogP) is 7.00. The van der Waals surface area contributed by atoms with Crippen molar-refractivity contribution in [3.8, 4) is 0 Å². The van der Waals surface area contributed by atoms with Crippen molar-refractivity contribution in [1.82, 2.24) is 0 Å². The molecule has 0 unspecified atom stereocenters. The van der Waals surface area contributed by atoms with Crippen molar-refractivity contribution >= 4 is 0 Å². The first-order valence-electron chi connectivity index (χ1n) is 11.8. The molecule has 4 fully saturated rings. The summed E-state index contributed by atoms with van der Waals surface area (Å²) in [7, 11) is 0. The molecule has 148 valence electrons. The van der Waals surface area contributed by atoms with Crippen LogP contribution in [-0.4, -0.2) is 6.10 Å². The van der Waals surface area contributed by atoms with Crippen LogP contribution in [0.15, 0.2) is 30.3 Å². The summed E-state index contributed by atoms with van der Waals surface area (Å²) in [5.41, 5.74) is 2.41. The van der Waals surface area contributed by atoms with Gasteiger partial charge in [0.05, 0.1) is 12.7 Å². The van der Waals surface area contributed by atoms with Gasteiger partial charge in [-0.1, -0.05) is 57.0 Å². The smallest absolute Gasteiger partial charge is 0.0720 e. The Morgan fingerprint density at radius 1 is 0.815 bits per heavy atom. The van der Waals surface area contributed by atoms with Crippen LogP contribution in [0, 0.1) is 34.5 Å². The van der Waals surface area contributed by atoms with Crippen molar-refractivity contribution in [2.75, 3.05) is 0 Å². The molecule has 0 saturated heterocycles. The van der Waals surface area contributed by atoms with E-state index in [2.05, 4.69) is 44.2 Å². The van der Waals surface area contributed by atoms with Gasteiger partial charge in [-0.15, -0.1) is 0 Å². The molecule has 0 aromatic heterocycles. The molecule has 4 aliphatic rings. The number of ether oxygens (including phenoxy) is 1. The molecular weight excluding hydrogens is 328 g/mol. The third-order valence-electron chi connectivity index (χ3n) is 9.79. The monoisotopic (exact) mass is 366 g/mol. The molecule has 7 atom stereocenters. The molecule has 1 aromatic carbocycles. The zero-order valence-electron chi connectivity index (χ0n) is 17.5. The summed E-state index contributed by atoms with van der Waals surface area (Å²) >= 11 is 0. The highest BCUT2D eigenvalue weighted by atomic mass is 16.5. The zero-order valence-corrected chi connectivity index (χ0v) is 17.5. The minimum atomic E-state index is 0.424. The molecule has 5 rings (SSSR count). The molecule has 0 heterocycles. The van der Waals surface area contributed by atoms with Crippen LogP contribution in [0.25, 0.3) is 0 Å². The standard InChI is InChI=1S/C26H38O/c1-25-16-7-6-10-20(25)11-12-21-22-13-14-24(26(22,2)17-15-23(21)25)27-18-19-8-4-3-5-9-19/h3-5,8-9,20-24H,6-7,10-18H2,1-2H3/t20-,21+,22-,23-,24+,25+,26-/m1/s1. The van der Waals surface area contributed by atoms with E-state index in [-0.39, 0.29) is 0 Å². The number of hydrogen-bond donors (Lipinski definition) is 0. The summed E-state index contributed by atoms with van der Waals surface area (Å²) in [5.74, 6) is 3.93. The van der Waals surface area contributed by atoms with Crippen molar-refractivity contribution in [2.24, 2.45) is 34.5 Å². The summed E-state index contributed by atoms with van der Waals surface area (Å²) in [5, 5.41) is 0. The SMILES string of the molecule is C[C@]12CCCC[C@@H]1CC[C@@H]1[C@H]2CC[C@@]2(C)[C@@H](OCc3ccccc3)CC[C@H]12. The summed E-state index contributed by atoms with van der Waals surface area (Å²) in [6.45, 7) is 6.07. The van der Waals surface area contributed by atoms with Crippen LogP contribution in [0.2, 0.25) is 0 Å². The Kier molecular flexibility index (Phi) is 4.66. The van der Waals surface area contributed by atoms with E-state index in [0.29, 0.717) is 16.9 Å². The van der Waals surface area contributed by atoms with Gasteiger partial charge in [0.1, 0.15) is 0 Å². The van der Waals surface area contributed by atoms with E-state index in [1.54, 1.807) is 0 Å². The van der Waals surface area contributed by atoms with Crippen LogP contribution in [0.5, 0.6) is 0 Å². The first-order valence-corrected chi connectivity index (χ1v) is 11.8. The summed E-state index contributed by atoms with van der Waals surface area (Å²) < 4.78 is 6.57. The number of fused-ring (bicyclic) bond motifs is 5. The quantitative estimate of drug-likeness (QED) is 0.559. The molecule has 27 heavy (non-hydrogen) atoms. The lowest BCUT2D eigenvalue weighted by atomic mass is 9.45. The van der Waals surface area contributed by atoms with Gasteiger partial charge in [0, 0.05) is 0 Å². The highest BCUT2D eigenvalue weighted by Crippen LogP contribution is 2.66. The van der Waals surface area contributed by atoms with E-state index in [9.17, 15) is 0 Å². The Morgan fingerprint density at radius 2 is 1.63 bits per heavy atom. The Bertz CT molecular complexity index is 653. The third-order valence-corrected chi connectivity index (χ3v) is 9.79. The summed E-state index contributed by atoms with van der Waals surface area (Å²) in [6.07, 6.45) is 15.1. The van der Waals surface area contributed by atoms with Crippen molar-refractivity contribution in [3.63, 3.8) is 0 Å². The first kappa shape index (κ1) is 18.2. The van der Waals surface area contributed by atoms with E-state index in [0.717, 1.165) is 30.3 Å². The van der Waals surface area contributed by atoms with Crippen LogP contribution < -0.4 is 0 Å². The Balaban J connectivity index is 1.32. The molecule has 4 aliphatic carbocycles. The molecule has 0 radical (unpaired) electrons. The van der Waals surface area contributed by atoms with Crippen molar-refractivity contribution in [1.29, 1.82) is 0 Å². The lowest BCUT2D eigenvalue weighted by Gasteiger charge is -2.60. The second-order valence-electron chi connectivity index (χ2n) is 10.8. The second-order valence-corrected chi connectivity index (χ2v) is 10.8. The summed E-state index contributed by atoms with van der Waals surface area (Å²) in [4.78, 5) is 0. The van der Waals surface area contributed by atoms with Crippen LogP contribution in [-0.2, 0) is 11.3 Å². The van der Waals surface area contributed by atoms with Crippen molar-refractivity contribution < 1.29 is 4.74 Å². The Hall–Kier alpha value is -0.820. The van der Waals surface area contributed by atoms with Gasteiger partial charge in [0.15, 0.2) is 0 Å². The fourth-order valence-corrected chi connectivity index (χ4v) is 8.29. The van der Waals surface area contributed by atoms with Gasteiger partial charge in [0.2, 0.25) is 0 Å². The van der Waals surface area contributed by atoms with E-state index < -0.39 is 0 Å².